The van der Waals surface area contributed by atoms with Gasteiger partial charge in [-0.15, -0.1) is 0 Å². The number of carboxylic acids is 2. The molecule has 0 aromatic carbocycles. The van der Waals surface area contributed by atoms with Crippen molar-refractivity contribution in [2.75, 3.05) is 6.61 Å². The van der Waals surface area contributed by atoms with Crippen molar-refractivity contribution in [3.8, 4) is 0 Å². The molecule has 0 spiro atoms. The summed E-state index contributed by atoms with van der Waals surface area (Å²) in [5, 5.41) is 16.5. The Labute approximate surface area is 85.6 Å². The molecule has 0 fully saturated rings. The molecule has 0 aliphatic heterocycles. The van der Waals surface area contributed by atoms with Crippen LogP contribution in [-0.2, 0) is 19.1 Å². The molecule has 0 aromatic rings. The van der Waals surface area contributed by atoms with Crippen LogP contribution in [-0.4, -0.2) is 40.8 Å². The van der Waals surface area contributed by atoms with E-state index in [1.165, 1.54) is 0 Å². The molecule has 0 aliphatic rings. The topological polar surface area (TPSA) is 162 Å². The summed E-state index contributed by atoms with van der Waals surface area (Å²) < 4.78 is 4.25. The van der Waals surface area contributed by atoms with Crippen molar-refractivity contribution in [2.45, 2.75) is 18.9 Å². The molecule has 0 heterocycles. The van der Waals surface area contributed by atoms with Crippen LogP contribution in [0.1, 0.15) is 12.8 Å². The Balaban J connectivity index is 0. The first-order valence-corrected chi connectivity index (χ1v) is 3.79. The lowest BCUT2D eigenvalue weighted by Gasteiger charge is -2.05. The molecular weight excluding hydrogens is 208 g/mol. The van der Waals surface area contributed by atoms with E-state index in [9.17, 15) is 14.4 Å². The zero-order chi connectivity index (χ0) is 11.1. The van der Waals surface area contributed by atoms with Crippen LogP contribution in [0.25, 0.3) is 0 Å². The Morgan fingerprint density at radius 1 is 1.27 bits per heavy atom. The van der Waals surface area contributed by atoms with Crippen LogP contribution in [0.3, 0.4) is 0 Å². The first kappa shape index (κ1) is 15.8. The van der Waals surface area contributed by atoms with E-state index in [1.807, 2.05) is 0 Å². The molecule has 1 atom stereocenters. The minimum atomic E-state index is -1.26. The summed E-state index contributed by atoms with van der Waals surface area (Å²) in [4.78, 5) is 30.9. The average molecular weight is 222 g/mol. The first-order chi connectivity index (χ1) is 6.43. The van der Waals surface area contributed by atoms with Gasteiger partial charge < -0.3 is 26.8 Å². The lowest BCUT2D eigenvalue weighted by molar-refractivity contribution is -0.155. The Kier molecular flexibility index (Phi) is 8.11. The third-order valence-corrected chi connectivity index (χ3v) is 1.33. The van der Waals surface area contributed by atoms with Gasteiger partial charge in [0.25, 0.3) is 0 Å². The smallest absolute Gasteiger partial charge is 0.341 e. The molecule has 0 radical (unpaired) electrons. The molecule has 15 heavy (non-hydrogen) atoms. The van der Waals surface area contributed by atoms with Crippen LogP contribution in [0.2, 0.25) is 0 Å². The van der Waals surface area contributed by atoms with E-state index in [-0.39, 0.29) is 19.0 Å². The van der Waals surface area contributed by atoms with Gasteiger partial charge in [-0.2, -0.15) is 0 Å². The van der Waals surface area contributed by atoms with Crippen LogP contribution in [0, 0.1) is 0 Å². The van der Waals surface area contributed by atoms with E-state index in [0.717, 1.165) is 0 Å². The number of carbonyl (C=O) groups is 3. The van der Waals surface area contributed by atoms with Gasteiger partial charge in [0.2, 0.25) is 0 Å². The van der Waals surface area contributed by atoms with Crippen molar-refractivity contribution in [3.63, 3.8) is 0 Å². The number of rotatable bonds is 6. The van der Waals surface area contributed by atoms with Crippen LogP contribution in [0.5, 0.6) is 0 Å². The van der Waals surface area contributed by atoms with Crippen LogP contribution in [0.4, 0.5) is 0 Å². The molecule has 0 amide bonds. The number of carbonyl (C=O) groups excluding carboxylic acids is 1. The third-order valence-electron chi connectivity index (χ3n) is 1.33. The monoisotopic (exact) mass is 222 g/mol. The highest BCUT2D eigenvalue weighted by Gasteiger charge is 2.14. The normalized spacial score (nSPS) is 11.0. The number of esters is 1. The number of hydrogen-bond donors (Lipinski definition) is 4. The van der Waals surface area contributed by atoms with Gasteiger partial charge in [0, 0.05) is 6.42 Å². The van der Waals surface area contributed by atoms with Crippen molar-refractivity contribution < 1.29 is 29.3 Å². The minimum absolute atomic E-state index is 0. The SMILES string of the molecule is N.N[C@@H](CCC(=O)OCC(=O)O)C(=O)O. The maximum absolute atomic E-state index is 10.7. The van der Waals surface area contributed by atoms with Gasteiger partial charge in [-0.05, 0) is 6.42 Å². The first-order valence-electron chi connectivity index (χ1n) is 3.79. The molecule has 0 unspecified atom stereocenters. The molecule has 0 bridgehead atoms. The van der Waals surface area contributed by atoms with Gasteiger partial charge in [0.15, 0.2) is 6.61 Å². The molecule has 8 nitrogen and oxygen atoms in total. The van der Waals surface area contributed by atoms with E-state index in [0.29, 0.717) is 0 Å². The summed E-state index contributed by atoms with van der Waals surface area (Å²) in [5.41, 5.74) is 5.10. The van der Waals surface area contributed by atoms with Gasteiger partial charge in [-0.3, -0.25) is 9.59 Å². The summed E-state index contributed by atoms with van der Waals surface area (Å²) in [7, 11) is 0. The number of ether oxygens (including phenoxy) is 1. The second-order valence-electron chi connectivity index (χ2n) is 2.54. The summed E-state index contributed by atoms with van der Waals surface area (Å²) >= 11 is 0. The molecule has 0 rings (SSSR count). The van der Waals surface area contributed by atoms with Crippen molar-refractivity contribution in [1.82, 2.24) is 6.15 Å². The van der Waals surface area contributed by atoms with Gasteiger partial charge in [-0.25, -0.2) is 4.79 Å². The van der Waals surface area contributed by atoms with E-state index in [2.05, 4.69) is 4.74 Å². The van der Waals surface area contributed by atoms with E-state index >= 15 is 0 Å². The van der Waals surface area contributed by atoms with Crippen LogP contribution < -0.4 is 11.9 Å². The highest BCUT2D eigenvalue weighted by Crippen LogP contribution is 1.97. The van der Waals surface area contributed by atoms with Gasteiger partial charge in [0.1, 0.15) is 6.04 Å². The number of hydrogen-bond acceptors (Lipinski definition) is 6. The predicted molar refractivity (Wildman–Crippen MR) is 48.5 cm³/mol. The zero-order valence-corrected chi connectivity index (χ0v) is 8.01. The Bertz CT molecular complexity index is 242. The van der Waals surface area contributed by atoms with Crippen molar-refractivity contribution in [3.05, 3.63) is 0 Å². The number of carboxylic acid groups (broad SMARTS) is 2. The van der Waals surface area contributed by atoms with Gasteiger partial charge in [0.05, 0.1) is 0 Å². The Morgan fingerprint density at radius 2 is 1.80 bits per heavy atom. The molecule has 0 aliphatic carbocycles. The second-order valence-corrected chi connectivity index (χ2v) is 2.54. The second kappa shape index (κ2) is 7.71. The maximum atomic E-state index is 10.7. The molecule has 8 heteroatoms. The highest BCUT2D eigenvalue weighted by atomic mass is 16.5. The Hall–Kier alpha value is -1.67. The maximum Gasteiger partial charge on any atom is 0.341 e. The summed E-state index contributed by atoms with van der Waals surface area (Å²) in [6.07, 6.45) is -0.283. The van der Waals surface area contributed by atoms with E-state index < -0.39 is 30.6 Å². The standard InChI is InChI=1S/C7H11NO6.H3N/c8-4(7(12)13)1-2-6(11)14-3-5(9)10;/h4H,1-3,8H2,(H,9,10)(H,12,13);1H3/t4-;/m0./s1. The quantitative estimate of drug-likeness (QED) is 0.414. The van der Waals surface area contributed by atoms with Gasteiger partial charge in [-0.1, -0.05) is 0 Å². The Morgan fingerprint density at radius 3 is 2.20 bits per heavy atom. The third kappa shape index (κ3) is 8.65. The molecular formula is C7H14N2O6. The zero-order valence-electron chi connectivity index (χ0n) is 8.01. The lowest BCUT2D eigenvalue weighted by Crippen LogP contribution is -2.30. The fourth-order valence-corrected chi connectivity index (χ4v) is 0.611. The summed E-state index contributed by atoms with van der Waals surface area (Å²) in [5.74, 6) is -3.25. The summed E-state index contributed by atoms with van der Waals surface area (Å²) in [6, 6.07) is -1.13. The predicted octanol–water partition coefficient (Wildman–Crippen LogP) is -1.03. The van der Waals surface area contributed by atoms with Crippen LogP contribution in [0.15, 0.2) is 0 Å². The highest BCUT2D eigenvalue weighted by molar-refractivity contribution is 5.77. The molecule has 88 valence electrons. The van der Waals surface area contributed by atoms with Gasteiger partial charge >= 0.3 is 17.9 Å². The summed E-state index contributed by atoms with van der Waals surface area (Å²) in [6.45, 7) is -0.721. The fourth-order valence-electron chi connectivity index (χ4n) is 0.611. The number of aliphatic carboxylic acids is 2. The minimum Gasteiger partial charge on any atom is -0.480 e. The lowest BCUT2D eigenvalue weighted by atomic mass is 10.2. The molecule has 0 saturated carbocycles. The molecule has 0 aromatic heterocycles. The largest absolute Gasteiger partial charge is 0.480 e. The average Bonchev–Trinajstić information content (AvgIpc) is 2.10. The molecule has 7 N–H and O–H groups in total. The van der Waals surface area contributed by atoms with Crippen molar-refractivity contribution in [2.24, 2.45) is 5.73 Å². The van der Waals surface area contributed by atoms with E-state index in [4.69, 9.17) is 15.9 Å². The van der Waals surface area contributed by atoms with Crippen molar-refractivity contribution >= 4 is 17.9 Å². The van der Waals surface area contributed by atoms with Crippen molar-refractivity contribution in [1.29, 1.82) is 0 Å². The number of nitrogens with two attached hydrogens (primary N) is 1. The van der Waals surface area contributed by atoms with Crippen LogP contribution >= 0.6 is 0 Å². The van der Waals surface area contributed by atoms with E-state index in [1.54, 1.807) is 0 Å². The fraction of sp³-hybridized carbons (Fsp3) is 0.571. The molecule has 0 saturated heterocycles.